The molecule has 1 aliphatic heterocycles. The Balaban J connectivity index is 1.57. The van der Waals surface area contributed by atoms with Crippen LogP contribution in [0.5, 0.6) is 5.75 Å². The fourth-order valence-electron chi connectivity index (χ4n) is 2.43. The van der Waals surface area contributed by atoms with E-state index in [2.05, 4.69) is 5.32 Å². The van der Waals surface area contributed by atoms with E-state index in [1.165, 1.54) is 42.5 Å². The number of hydrogen-bond donors (Lipinski definition) is 3. The number of aryl methyl sites for hydroxylation is 1. The molecule has 2 amide bonds. The van der Waals surface area contributed by atoms with Crippen LogP contribution in [0.2, 0.25) is 0 Å². The Morgan fingerprint density at radius 1 is 1.15 bits per heavy atom. The van der Waals surface area contributed by atoms with E-state index < -0.39 is 28.4 Å². The molecule has 8 nitrogen and oxygen atoms in total. The Hall–Kier alpha value is -2.98. The number of ether oxygens (including phenoxy) is 1. The van der Waals surface area contributed by atoms with Gasteiger partial charge in [0.05, 0.1) is 4.90 Å². The summed E-state index contributed by atoms with van der Waals surface area (Å²) in [6, 6.07) is 9.31. The molecule has 0 radical (unpaired) electrons. The van der Waals surface area contributed by atoms with Crippen molar-refractivity contribution in [2.24, 2.45) is 0 Å². The van der Waals surface area contributed by atoms with Crippen LogP contribution in [0.25, 0.3) is 0 Å². The largest absolute Gasteiger partial charge is 0.484 e. The molecule has 0 saturated carbocycles. The summed E-state index contributed by atoms with van der Waals surface area (Å²) < 4.78 is 42.5. The number of anilines is 1. The van der Waals surface area contributed by atoms with E-state index in [0.29, 0.717) is 17.7 Å². The summed E-state index contributed by atoms with van der Waals surface area (Å²) in [6.07, 6.45) is 0.712. The van der Waals surface area contributed by atoms with E-state index in [1.807, 2.05) is 10.3 Å². The van der Waals surface area contributed by atoms with Gasteiger partial charge in [0, 0.05) is 12.1 Å². The van der Waals surface area contributed by atoms with Gasteiger partial charge in [-0.1, -0.05) is 0 Å². The molecule has 2 aromatic rings. The first-order chi connectivity index (χ1) is 12.8. The number of sulfonamides is 1. The zero-order valence-electron chi connectivity index (χ0n) is 14.0. The number of carbonyl (C=O) groups excluding carboxylic acids is 2. The number of benzene rings is 2. The summed E-state index contributed by atoms with van der Waals surface area (Å²) in [4.78, 5) is 25.0. The zero-order valence-corrected chi connectivity index (χ0v) is 14.8. The van der Waals surface area contributed by atoms with Crippen molar-refractivity contribution in [1.29, 1.82) is 0 Å². The van der Waals surface area contributed by atoms with Crippen molar-refractivity contribution in [2.45, 2.75) is 17.7 Å². The van der Waals surface area contributed by atoms with Crippen LogP contribution in [0, 0.1) is 5.82 Å². The first-order valence-electron chi connectivity index (χ1n) is 7.95. The molecule has 0 spiro atoms. The topological polar surface area (TPSA) is 114 Å². The van der Waals surface area contributed by atoms with Gasteiger partial charge in [0.25, 0.3) is 15.9 Å². The third-order valence-electron chi connectivity index (χ3n) is 3.79. The quantitative estimate of drug-likeness (QED) is 0.636. The minimum atomic E-state index is -3.99. The Morgan fingerprint density at radius 3 is 2.63 bits per heavy atom. The average molecular weight is 393 g/mol. The molecule has 2 aromatic carbocycles. The molecule has 0 saturated heterocycles. The monoisotopic (exact) mass is 393 g/mol. The Bertz CT molecular complexity index is 977. The number of halogens is 1. The molecule has 3 N–H and O–H groups in total. The molecule has 0 aliphatic carbocycles. The van der Waals surface area contributed by atoms with E-state index in [4.69, 9.17) is 4.74 Å². The van der Waals surface area contributed by atoms with E-state index in [-0.39, 0.29) is 23.0 Å². The summed E-state index contributed by atoms with van der Waals surface area (Å²) in [5.41, 5.74) is 3.31. The molecule has 10 heteroatoms. The summed E-state index contributed by atoms with van der Waals surface area (Å²) >= 11 is 0. The van der Waals surface area contributed by atoms with Gasteiger partial charge in [-0.3, -0.25) is 15.0 Å². The SMILES string of the molecule is O=C(COc1ccc(F)cc1)NNS(=O)(=O)c1ccc2c(c1)CCC(=O)N2. The lowest BCUT2D eigenvalue weighted by Gasteiger charge is -2.17. The van der Waals surface area contributed by atoms with E-state index in [1.54, 1.807) is 0 Å². The van der Waals surface area contributed by atoms with E-state index in [0.717, 1.165) is 0 Å². The maximum atomic E-state index is 12.8. The van der Waals surface area contributed by atoms with Gasteiger partial charge < -0.3 is 10.1 Å². The van der Waals surface area contributed by atoms with Gasteiger partial charge in [-0.15, -0.1) is 4.83 Å². The van der Waals surface area contributed by atoms with Crippen molar-refractivity contribution in [2.75, 3.05) is 11.9 Å². The third kappa shape index (κ3) is 4.80. The van der Waals surface area contributed by atoms with Gasteiger partial charge in [-0.25, -0.2) is 12.8 Å². The lowest BCUT2D eigenvalue weighted by molar-refractivity contribution is -0.123. The highest BCUT2D eigenvalue weighted by Gasteiger charge is 2.20. The van der Waals surface area contributed by atoms with Crippen molar-refractivity contribution in [1.82, 2.24) is 10.3 Å². The summed E-state index contributed by atoms with van der Waals surface area (Å²) in [5.74, 6) is -1.02. The second kappa shape index (κ2) is 7.72. The standard InChI is InChI=1S/C17H16FN3O5S/c18-12-2-4-13(5-3-12)26-10-17(23)20-21-27(24,25)14-6-7-15-11(9-14)1-8-16(22)19-15/h2-7,9,21H,1,8,10H2,(H,19,22)(H,20,23). The van der Waals surface area contributed by atoms with Crippen LogP contribution < -0.4 is 20.3 Å². The summed E-state index contributed by atoms with van der Waals surface area (Å²) in [6.45, 7) is -0.454. The van der Waals surface area contributed by atoms with E-state index in [9.17, 15) is 22.4 Å². The third-order valence-corrected chi connectivity index (χ3v) is 5.04. The molecule has 0 fully saturated rings. The van der Waals surface area contributed by atoms with Crippen LogP contribution in [0.4, 0.5) is 10.1 Å². The van der Waals surface area contributed by atoms with E-state index >= 15 is 0 Å². The highest BCUT2D eigenvalue weighted by Crippen LogP contribution is 2.25. The van der Waals surface area contributed by atoms with Crippen LogP contribution in [0.3, 0.4) is 0 Å². The normalized spacial score (nSPS) is 13.4. The van der Waals surface area contributed by atoms with Gasteiger partial charge >= 0.3 is 0 Å². The van der Waals surface area contributed by atoms with Gasteiger partial charge in [0.15, 0.2) is 6.61 Å². The minimum absolute atomic E-state index is 0.0443. The van der Waals surface area contributed by atoms with Crippen LogP contribution in [-0.4, -0.2) is 26.8 Å². The zero-order chi connectivity index (χ0) is 19.4. The minimum Gasteiger partial charge on any atom is -0.484 e. The molecule has 0 bridgehead atoms. The highest BCUT2D eigenvalue weighted by atomic mass is 32.2. The number of carbonyl (C=O) groups is 2. The number of rotatable bonds is 6. The fourth-order valence-corrected chi connectivity index (χ4v) is 3.34. The molecule has 1 aliphatic rings. The molecule has 3 rings (SSSR count). The molecule has 0 aromatic heterocycles. The second-order valence-corrected chi connectivity index (χ2v) is 7.45. The second-order valence-electron chi connectivity index (χ2n) is 5.76. The first kappa shape index (κ1) is 18.8. The van der Waals surface area contributed by atoms with Gasteiger partial charge in [-0.2, -0.15) is 0 Å². The molecule has 0 atom stereocenters. The Kier molecular flexibility index (Phi) is 5.38. The maximum absolute atomic E-state index is 12.8. The van der Waals surface area contributed by atoms with Crippen LogP contribution in [0.1, 0.15) is 12.0 Å². The van der Waals surface area contributed by atoms with Crippen LogP contribution in [-0.2, 0) is 26.0 Å². The van der Waals surface area contributed by atoms with Crippen molar-refractivity contribution in [3.05, 3.63) is 53.8 Å². The van der Waals surface area contributed by atoms with Crippen molar-refractivity contribution >= 4 is 27.5 Å². The molecule has 1 heterocycles. The van der Waals surface area contributed by atoms with Crippen LogP contribution in [0.15, 0.2) is 47.4 Å². The molecular weight excluding hydrogens is 377 g/mol. The number of nitrogens with one attached hydrogen (secondary N) is 3. The first-order valence-corrected chi connectivity index (χ1v) is 9.43. The maximum Gasteiger partial charge on any atom is 0.272 e. The fraction of sp³-hybridized carbons (Fsp3) is 0.176. The van der Waals surface area contributed by atoms with Gasteiger partial charge in [0.2, 0.25) is 5.91 Å². The molecule has 0 unspecified atom stereocenters. The van der Waals surface area contributed by atoms with Gasteiger partial charge in [-0.05, 0) is 54.4 Å². The lowest BCUT2D eigenvalue weighted by atomic mass is 10.0. The summed E-state index contributed by atoms with van der Waals surface area (Å²) in [7, 11) is -3.99. The van der Waals surface area contributed by atoms with Gasteiger partial charge in [0.1, 0.15) is 11.6 Å². The highest BCUT2D eigenvalue weighted by molar-refractivity contribution is 7.89. The van der Waals surface area contributed by atoms with Crippen molar-refractivity contribution < 1.29 is 27.1 Å². The molecule has 27 heavy (non-hydrogen) atoms. The number of amides is 2. The number of hydrogen-bond acceptors (Lipinski definition) is 5. The van der Waals surface area contributed by atoms with Crippen molar-refractivity contribution in [3.63, 3.8) is 0 Å². The number of fused-ring (bicyclic) bond motifs is 1. The predicted octanol–water partition coefficient (Wildman–Crippen LogP) is 1.10. The Morgan fingerprint density at radius 2 is 1.89 bits per heavy atom. The van der Waals surface area contributed by atoms with Crippen LogP contribution >= 0.6 is 0 Å². The number of hydrazine groups is 1. The predicted molar refractivity (Wildman–Crippen MR) is 93.8 cm³/mol. The summed E-state index contributed by atoms with van der Waals surface area (Å²) in [5, 5.41) is 2.66. The average Bonchev–Trinajstić information content (AvgIpc) is 2.65. The Labute approximate surface area is 154 Å². The molecule has 142 valence electrons. The lowest BCUT2D eigenvalue weighted by Crippen LogP contribution is -2.43. The molecular formula is C17H16FN3O5S. The smallest absolute Gasteiger partial charge is 0.272 e. The van der Waals surface area contributed by atoms with Crippen molar-refractivity contribution in [3.8, 4) is 5.75 Å².